The summed E-state index contributed by atoms with van der Waals surface area (Å²) in [6.45, 7) is 5.46. The van der Waals surface area contributed by atoms with Crippen molar-refractivity contribution >= 4 is 0 Å². The summed E-state index contributed by atoms with van der Waals surface area (Å²) >= 11 is 0. The number of ether oxygens (including phenoxy) is 1. The summed E-state index contributed by atoms with van der Waals surface area (Å²) in [5.41, 5.74) is 1.49. The smallest absolute Gasteiger partial charge is 0.118 e. The second-order valence-corrected chi connectivity index (χ2v) is 6.13. The third-order valence-corrected chi connectivity index (χ3v) is 4.28. The highest BCUT2D eigenvalue weighted by atomic mass is 16.5. The molecule has 21 heavy (non-hydrogen) atoms. The normalized spacial score (nSPS) is 22.0. The molecular formula is C18H23NO2. The third-order valence-electron chi connectivity index (χ3n) is 4.28. The van der Waals surface area contributed by atoms with E-state index in [4.69, 9.17) is 9.15 Å². The third kappa shape index (κ3) is 3.20. The van der Waals surface area contributed by atoms with Crippen LogP contribution in [0, 0.1) is 6.92 Å². The molecule has 0 radical (unpaired) electrons. The molecule has 112 valence electrons. The SMILES string of the molecule is Cc1ccc(CN(C)CC2(c3ccccc3)CCOC2)o1. The number of likely N-dealkylation sites (N-methyl/N-ethyl adjacent to an activating group) is 1. The Hall–Kier alpha value is -1.58. The van der Waals surface area contributed by atoms with Gasteiger partial charge in [-0.15, -0.1) is 0 Å². The number of nitrogens with zero attached hydrogens (tertiary/aromatic N) is 1. The topological polar surface area (TPSA) is 25.6 Å². The molecule has 0 N–H and O–H groups in total. The van der Waals surface area contributed by atoms with Crippen molar-refractivity contribution in [3.05, 3.63) is 59.5 Å². The molecule has 3 nitrogen and oxygen atoms in total. The van der Waals surface area contributed by atoms with Gasteiger partial charge < -0.3 is 9.15 Å². The molecule has 3 rings (SSSR count). The number of hydrogen-bond donors (Lipinski definition) is 0. The van der Waals surface area contributed by atoms with Crippen molar-refractivity contribution in [2.75, 3.05) is 26.8 Å². The minimum atomic E-state index is 0.109. The van der Waals surface area contributed by atoms with E-state index in [2.05, 4.69) is 48.3 Å². The predicted octanol–water partition coefficient (Wildman–Crippen LogP) is 3.38. The van der Waals surface area contributed by atoms with Crippen LogP contribution < -0.4 is 0 Å². The van der Waals surface area contributed by atoms with Crippen molar-refractivity contribution in [3.63, 3.8) is 0 Å². The molecule has 1 fully saturated rings. The Morgan fingerprint density at radius 2 is 1.95 bits per heavy atom. The molecule has 0 aliphatic carbocycles. The molecule has 2 aromatic rings. The predicted molar refractivity (Wildman–Crippen MR) is 83.3 cm³/mol. The number of rotatable bonds is 5. The van der Waals surface area contributed by atoms with Gasteiger partial charge in [0, 0.05) is 18.6 Å². The first-order chi connectivity index (χ1) is 10.2. The average Bonchev–Trinajstić information content (AvgIpc) is 3.10. The van der Waals surface area contributed by atoms with Gasteiger partial charge in [0.2, 0.25) is 0 Å². The monoisotopic (exact) mass is 285 g/mol. The molecule has 1 saturated heterocycles. The van der Waals surface area contributed by atoms with E-state index in [-0.39, 0.29) is 5.41 Å². The molecule has 0 saturated carbocycles. The van der Waals surface area contributed by atoms with Crippen LogP contribution in [-0.2, 0) is 16.7 Å². The van der Waals surface area contributed by atoms with E-state index in [9.17, 15) is 0 Å². The highest BCUT2D eigenvalue weighted by Gasteiger charge is 2.37. The summed E-state index contributed by atoms with van der Waals surface area (Å²) in [4.78, 5) is 2.33. The number of furan rings is 1. The van der Waals surface area contributed by atoms with Crippen molar-refractivity contribution in [1.82, 2.24) is 4.90 Å². The maximum atomic E-state index is 5.72. The summed E-state index contributed by atoms with van der Waals surface area (Å²) in [6, 6.07) is 14.8. The van der Waals surface area contributed by atoms with Crippen LogP contribution in [0.5, 0.6) is 0 Å². The maximum absolute atomic E-state index is 5.72. The van der Waals surface area contributed by atoms with Crippen molar-refractivity contribution < 1.29 is 9.15 Å². The van der Waals surface area contributed by atoms with Crippen LogP contribution in [0.2, 0.25) is 0 Å². The molecule has 1 unspecified atom stereocenters. The van der Waals surface area contributed by atoms with E-state index in [0.29, 0.717) is 0 Å². The second-order valence-electron chi connectivity index (χ2n) is 6.13. The van der Waals surface area contributed by atoms with Gasteiger partial charge in [0.25, 0.3) is 0 Å². The van der Waals surface area contributed by atoms with Crippen molar-refractivity contribution in [3.8, 4) is 0 Å². The lowest BCUT2D eigenvalue weighted by Crippen LogP contribution is -2.39. The van der Waals surface area contributed by atoms with Crippen LogP contribution in [0.25, 0.3) is 0 Å². The molecule has 2 heterocycles. The molecule has 1 aliphatic heterocycles. The van der Waals surface area contributed by atoms with E-state index in [0.717, 1.165) is 44.2 Å². The van der Waals surface area contributed by atoms with Gasteiger partial charge >= 0.3 is 0 Å². The van der Waals surface area contributed by atoms with Crippen LogP contribution in [0.1, 0.15) is 23.5 Å². The Morgan fingerprint density at radius 1 is 1.14 bits per heavy atom. The Balaban J connectivity index is 1.73. The van der Waals surface area contributed by atoms with Gasteiger partial charge in [0.05, 0.1) is 13.2 Å². The Kier molecular flexibility index (Phi) is 4.13. The summed E-state index contributed by atoms with van der Waals surface area (Å²) in [7, 11) is 2.15. The van der Waals surface area contributed by atoms with Crippen LogP contribution in [0.4, 0.5) is 0 Å². The zero-order chi connectivity index (χ0) is 14.7. The molecule has 1 atom stereocenters. The standard InChI is InChI=1S/C18H23NO2/c1-15-8-9-17(21-15)12-19(2)13-18(10-11-20-14-18)16-6-4-3-5-7-16/h3-9H,10-14H2,1-2H3. The van der Waals surface area contributed by atoms with Crippen LogP contribution in [0.15, 0.2) is 46.9 Å². The number of benzene rings is 1. The van der Waals surface area contributed by atoms with Gasteiger partial charge in [-0.3, -0.25) is 4.90 Å². The van der Waals surface area contributed by atoms with Gasteiger partial charge in [-0.25, -0.2) is 0 Å². The van der Waals surface area contributed by atoms with E-state index in [1.54, 1.807) is 0 Å². The average molecular weight is 285 g/mol. The first-order valence-electron chi connectivity index (χ1n) is 7.55. The summed E-state index contributed by atoms with van der Waals surface area (Å²) in [5.74, 6) is 2.00. The minimum Gasteiger partial charge on any atom is -0.465 e. The molecule has 1 aliphatic rings. The molecule has 1 aromatic carbocycles. The van der Waals surface area contributed by atoms with Gasteiger partial charge in [-0.05, 0) is 38.1 Å². The lowest BCUT2D eigenvalue weighted by atomic mass is 9.79. The first-order valence-corrected chi connectivity index (χ1v) is 7.55. The quantitative estimate of drug-likeness (QED) is 0.842. The molecule has 0 bridgehead atoms. The van der Waals surface area contributed by atoms with Crippen LogP contribution >= 0.6 is 0 Å². The summed E-state index contributed by atoms with van der Waals surface area (Å²) in [6.07, 6.45) is 1.08. The molecule has 3 heteroatoms. The zero-order valence-electron chi connectivity index (χ0n) is 12.8. The van der Waals surface area contributed by atoms with E-state index >= 15 is 0 Å². The Labute approximate surface area is 126 Å². The highest BCUT2D eigenvalue weighted by molar-refractivity contribution is 5.27. The highest BCUT2D eigenvalue weighted by Crippen LogP contribution is 2.34. The lowest BCUT2D eigenvalue weighted by molar-refractivity contribution is 0.155. The van der Waals surface area contributed by atoms with Crippen molar-refractivity contribution in [1.29, 1.82) is 0 Å². The van der Waals surface area contributed by atoms with Crippen molar-refractivity contribution in [2.24, 2.45) is 0 Å². The molecular weight excluding hydrogens is 262 g/mol. The second kappa shape index (κ2) is 6.04. The van der Waals surface area contributed by atoms with Crippen LogP contribution in [0.3, 0.4) is 0 Å². The Morgan fingerprint density at radius 3 is 2.57 bits per heavy atom. The lowest BCUT2D eigenvalue weighted by Gasteiger charge is -2.32. The van der Waals surface area contributed by atoms with Gasteiger partial charge in [-0.2, -0.15) is 0 Å². The van der Waals surface area contributed by atoms with E-state index in [1.807, 2.05) is 13.0 Å². The van der Waals surface area contributed by atoms with E-state index in [1.165, 1.54) is 5.56 Å². The maximum Gasteiger partial charge on any atom is 0.118 e. The fraction of sp³-hybridized carbons (Fsp3) is 0.444. The molecule has 0 amide bonds. The number of aryl methyl sites for hydroxylation is 1. The largest absolute Gasteiger partial charge is 0.465 e. The minimum absolute atomic E-state index is 0.109. The van der Waals surface area contributed by atoms with Gasteiger partial charge in [0.15, 0.2) is 0 Å². The van der Waals surface area contributed by atoms with Gasteiger partial charge in [0.1, 0.15) is 11.5 Å². The fourth-order valence-electron chi connectivity index (χ4n) is 3.25. The fourth-order valence-corrected chi connectivity index (χ4v) is 3.25. The van der Waals surface area contributed by atoms with E-state index < -0.39 is 0 Å². The first kappa shape index (κ1) is 14.4. The molecule has 0 spiro atoms. The summed E-state index contributed by atoms with van der Waals surface area (Å²) in [5, 5.41) is 0. The van der Waals surface area contributed by atoms with Crippen LogP contribution in [-0.4, -0.2) is 31.7 Å². The Bertz CT molecular complexity index is 570. The molecule has 1 aromatic heterocycles. The number of hydrogen-bond acceptors (Lipinski definition) is 3. The van der Waals surface area contributed by atoms with Gasteiger partial charge in [-0.1, -0.05) is 30.3 Å². The summed E-state index contributed by atoms with van der Waals surface area (Å²) < 4.78 is 11.4. The van der Waals surface area contributed by atoms with Crippen molar-refractivity contribution in [2.45, 2.75) is 25.3 Å². The zero-order valence-corrected chi connectivity index (χ0v) is 12.8.